The molecule has 200 valence electrons. The Bertz CT molecular complexity index is 1300. The number of phenolic OH excluding ortho intramolecular Hbond substituents is 1. The number of para-hydroxylation sites is 1. The molecule has 0 bridgehead atoms. The molecule has 0 saturated heterocycles. The van der Waals surface area contributed by atoms with Gasteiger partial charge in [0.05, 0.1) is 11.8 Å². The molecule has 0 aliphatic heterocycles. The van der Waals surface area contributed by atoms with Crippen molar-refractivity contribution in [3.05, 3.63) is 93.5 Å². The van der Waals surface area contributed by atoms with Crippen LogP contribution in [0.3, 0.4) is 0 Å². The second-order valence-electron chi connectivity index (χ2n) is 11.3. The minimum atomic E-state index is -0.523. The molecule has 0 fully saturated rings. The van der Waals surface area contributed by atoms with E-state index >= 15 is 0 Å². The molecule has 2 N–H and O–H groups in total. The van der Waals surface area contributed by atoms with Gasteiger partial charge in [-0.15, -0.1) is 0 Å². The SMILES string of the molecule is CC(C)(C)c1cc(CCC(=O)N/N=C\c2ccccc2OC(=O)c2ccc(Cl)cc2)cc(C(C)(C)C)c1O. The second kappa shape index (κ2) is 11.8. The van der Waals surface area contributed by atoms with Crippen molar-refractivity contribution in [3.63, 3.8) is 0 Å². The molecule has 3 aromatic rings. The van der Waals surface area contributed by atoms with Gasteiger partial charge in [0, 0.05) is 17.0 Å². The molecule has 7 heteroatoms. The Hall–Kier alpha value is -3.64. The number of amides is 1. The second-order valence-corrected chi connectivity index (χ2v) is 11.7. The third kappa shape index (κ3) is 7.68. The van der Waals surface area contributed by atoms with Crippen LogP contribution >= 0.6 is 11.6 Å². The van der Waals surface area contributed by atoms with Crippen LogP contribution in [0.2, 0.25) is 5.02 Å². The first-order valence-corrected chi connectivity index (χ1v) is 12.9. The molecule has 0 radical (unpaired) electrons. The number of hydrogen-bond donors (Lipinski definition) is 2. The van der Waals surface area contributed by atoms with E-state index in [0.29, 0.717) is 34.1 Å². The molecule has 0 spiro atoms. The van der Waals surface area contributed by atoms with Gasteiger partial charge < -0.3 is 9.84 Å². The molecule has 0 unspecified atom stereocenters. The molecule has 0 aliphatic carbocycles. The molecule has 3 rings (SSSR count). The van der Waals surface area contributed by atoms with Crippen molar-refractivity contribution < 1.29 is 19.4 Å². The number of carbonyl (C=O) groups is 2. The van der Waals surface area contributed by atoms with Crippen LogP contribution in [0.15, 0.2) is 65.8 Å². The number of hydrogen-bond acceptors (Lipinski definition) is 5. The van der Waals surface area contributed by atoms with Gasteiger partial charge in [-0.1, -0.05) is 77.4 Å². The normalized spacial score (nSPS) is 12.0. The first-order valence-electron chi connectivity index (χ1n) is 12.5. The zero-order valence-electron chi connectivity index (χ0n) is 22.8. The highest BCUT2D eigenvalue weighted by Gasteiger charge is 2.26. The average molecular weight is 535 g/mol. The summed E-state index contributed by atoms with van der Waals surface area (Å²) in [6.07, 6.45) is 2.17. The van der Waals surface area contributed by atoms with Crippen LogP contribution in [0.5, 0.6) is 11.5 Å². The number of benzene rings is 3. The lowest BCUT2D eigenvalue weighted by molar-refractivity contribution is -0.121. The summed E-state index contributed by atoms with van der Waals surface area (Å²) in [6, 6.07) is 17.3. The van der Waals surface area contributed by atoms with Gasteiger partial charge in [-0.05, 0) is 70.3 Å². The summed E-state index contributed by atoms with van der Waals surface area (Å²) in [5.74, 6) is -0.138. The van der Waals surface area contributed by atoms with E-state index in [2.05, 4.69) is 52.1 Å². The molecule has 0 atom stereocenters. The van der Waals surface area contributed by atoms with Gasteiger partial charge in [-0.3, -0.25) is 4.79 Å². The zero-order valence-corrected chi connectivity index (χ0v) is 23.5. The number of ether oxygens (including phenoxy) is 1. The van der Waals surface area contributed by atoms with Gasteiger partial charge in [-0.25, -0.2) is 10.2 Å². The molecule has 1 amide bonds. The number of rotatable bonds is 7. The Morgan fingerprint density at radius 2 is 1.53 bits per heavy atom. The monoisotopic (exact) mass is 534 g/mol. The van der Waals surface area contributed by atoms with Crippen molar-refractivity contribution in [2.75, 3.05) is 0 Å². The maximum atomic E-state index is 12.5. The van der Waals surface area contributed by atoms with Gasteiger partial charge in [0.2, 0.25) is 5.91 Å². The van der Waals surface area contributed by atoms with Crippen LogP contribution in [0.1, 0.15) is 80.6 Å². The van der Waals surface area contributed by atoms with Crippen molar-refractivity contribution >= 4 is 29.7 Å². The summed E-state index contributed by atoms with van der Waals surface area (Å²) < 4.78 is 5.51. The smallest absolute Gasteiger partial charge is 0.343 e. The van der Waals surface area contributed by atoms with Gasteiger partial charge >= 0.3 is 5.97 Å². The Balaban J connectivity index is 1.66. The van der Waals surface area contributed by atoms with Crippen molar-refractivity contribution in [2.45, 2.75) is 65.2 Å². The predicted octanol–water partition coefficient (Wildman–Crippen LogP) is 6.94. The van der Waals surface area contributed by atoms with Crippen molar-refractivity contribution in [1.29, 1.82) is 0 Å². The molecular weight excluding hydrogens is 500 g/mol. The fourth-order valence-electron chi connectivity index (χ4n) is 3.89. The third-order valence-electron chi connectivity index (χ3n) is 6.02. The maximum absolute atomic E-state index is 12.5. The summed E-state index contributed by atoms with van der Waals surface area (Å²) in [5.41, 5.74) is 5.69. The van der Waals surface area contributed by atoms with Gasteiger partial charge in [-0.2, -0.15) is 5.10 Å². The number of nitrogens with one attached hydrogen (secondary N) is 1. The van der Waals surface area contributed by atoms with Crippen LogP contribution in [0, 0.1) is 0 Å². The molecule has 0 saturated carbocycles. The van der Waals surface area contributed by atoms with E-state index in [1.807, 2.05) is 12.1 Å². The Morgan fingerprint density at radius 1 is 0.947 bits per heavy atom. The predicted molar refractivity (Wildman–Crippen MR) is 152 cm³/mol. The number of nitrogens with zero attached hydrogens (tertiary/aromatic N) is 1. The number of esters is 1. The Labute approximate surface area is 229 Å². The van der Waals surface area contributed by atoms with Crippen LogP contribution in [0.4, 0.5) is 0 Å². The molecule has 6 nitrogen and oxygen atoms in total. The first-order chi connectivity index (χ1) is 17.8. The van der Waals surface area contributed by atoms with E-state index < -0.39 is 5.97 Å². The Kier molecular flexibility index (Phi) is 9.00. The lowest BCUT2D eigenvalue weighted by Gasteiger charge is -2.28. The quantitative estimate of drug-likeness (QED) is 0.149. The number of carbonyl (C=O) groups excluding carboxylic acids is 2. The van der Waals surface area contributed by atoms with Crippen molar-refractivity contribution in [2.24, 2.45) is 5.10 Å². The molecule has 0 aliphatic rings. The minimum Gasteiger partial charge on any atom is -0.507 e. The lowest BCUT2D eigenvalue weighted by atomic mass is 9.78. The number of aromatic hydroxyl groups is 1. The fraction of sp³-hybridized carbons (Fsp3) is 0.323. The van der Waals surface area contributed by atoms with E-state index in [0.717, 1.165) is 16.7 Å². The minimum absolute atomic E-state index is 0.225. The number of aryl methyl sites for hydroxylation is 1. The fourth-order valence-corrected chi connectivity index (χ4v) is 4.02. The molecule has 0 heterocycles. The van der Waals surface area contributed by atoms with E-state index in [1.165, 1.54) is 6.21 Å². The van der Waals surface area contributed by atoms with E-state index in [9.17, 15) is 14.7 Å². The van der Waals surface area contributed by atoms with Crippen LogP contribution in [0.25, 0.3) is 0 Å². The lowest BCUT2D eigenvalue weighted by Crippen LogP contribution is -2.20. The molecule has 38 heavy (non-hydrogen) atoms. The summed E-state index contributed by atoms with van der Waals surface area (Å²) >= 11 is 5.88. The van der Waals surface area contributed by atoms with Crippen molar-refractivity contribution in [3.8, 4) is 11.5 Å². The van der Waals surface area contributed by atoms with Crippen LogP contribution < -0.4 is 10.2 Å². The highest BCUT2D eigenvalue weighted by molar-refractivity contribution is 6.30. The average Bonchev–Trinajstić information content (AvgIpc) is 2.83. The summed E-state index contributed by atoms with van der Waals surface area (Å²) in [6.45, 7) is 12.4. The number of phenols is 1. The topological polar surface area (TPSA) is 88.0 Å². The van der Waals surface area contributed by atoms with E-state index in [-0.39, 0.29) is 23.2 Å². The van der Waals surface area contributed by atoms with Gasteiger partial charge in [0.15, 0.2) is 0 Å². The van der Waals surface area contributed by atoms with Crippen LogP contribution in [-0.2, 0) is 22.0 Å². The van der Waals surface area contributed by atoms with E-state index in [1.54, 1.807) is 48.5 Å². The standard InChI is InChI=1S/C31H35ClN2O4/c1-30(2,3)24-17-20(18-25(28(24)36)31(4,5)6)11-16-27(35)34-33-19-22-9-7-8-10-26(22)38-29(37)21-12-14-23(32)15-13-21/h7-10,12-15,17-19,36H,11,16H2,1-6H3,(H,34,35)/b33-19-. The van der Waals surface area contributed by atoms with E-state index in [4.69, 9.17) is 16.3 Å². The van der Waals surface area contributed by atoms with Crippen LogP contribution in [-0.4, -0.2) is 23.2 Å². The molecule has 3 aromatic carbocycles. The largest absolute Gasteiger partial charge is 0.507 e. The Morgan fingerprint density at radius 3 is 2.11 bits per heavy atom. The maximum Gasteiger partial charge on any atom is 0.343 e. The first kappa shape index (κ1) is 28.9. The number of hydrazone groups is 1. The highest BCUT2D eigenvalue weighted by atomic mass is 35.5. The third-order valence-corrected chi connectivity index (χ3v) is 6.27. The highest BCUT2D eigenvalue weighted by Crippen LogP contribution is 2.40. The van der Waals surface area contributed by atoms with Crippen molar-refractivity contribution in [1.82, 2.24) is 5.43 Å². The molecular formula is C31H35ClN2O4. The van der Waals surface area contributed by atoms with Gasteiger partial charge in [0.1, 0.15) is 11.5 Å². The summed E-state index contributed by atoms with van der Waals surface area (Å²) in [4.78, 5) is 25.0. The summed E-state index contributed by atoms with van der Waals surface area (Å²) in [7, 11) is 0. The molecule has 0 aromatic heterocycles. The van der Waals surface area contributed by atoms with Gasteiger partial charge in [0.25, 0.3) is 0 Å². The number of halogens is 1. The zero-order chi connectivity index (χ0) is 28.1. The summed E-state index contributed by atoms with van der Waals surface area (Å²) in [5, 5.41) is 15.5.